The molecule has 1 aliphatic rings. The summed E-state index contributed by atoms with van der Waals surface area (Å²) in [5, 5.41) is 2.93. The molecule has 2 aromatic rings. The van der Waals surface area contributed by atoms with E-state index < -0.39 is 0 Å². The molecule has 1 N–H and O–H groups in total. The van der Waals surface area contributed by atoms with E-state index in [9.17, 15) is 4.79 Å². The number of hydrogen-bond acceptors (Lipinski definition) is 4. The molecule has 0 bridgehead atoms. The number of ether oxygens (including phenoxy) is 1. The standard InChI is InChI=1S/C15H18N4O2/c20-15(13-5-1-2-9-21-13)18-10-12-4-3-6-17-14(12)19-8-7-16-11-19/h3-4,6-8,11,13H,1-2,5,9-10H2,(H,18,20)/t13-/m1/s1. The zero-order chi connectivity index (χ0) is 14.5. The zero-order valence-electron chi connectivity index (χ0n) is 11.7. The van der Waals surface area contributed by atoms with Gasteiger partial charge in [0.05, 0.1) is 0 Å². The second-order valence-electron chi connectivity index (χ2n) is 5.03. The lowest BCUT2D eigenvalue weighted by atomic mass is 10.1. The summed E-state index contributed by atoms with van der Waals surface area (Å²) in [5.41, 5.74) is 0.944. The first-order chi connectivity index (χ1) is 10.3. The Bertz CT molecular complexity index is 591. The number of imidazole rings is 1. The molecule has 3 rings (SSSR count). The van der Waals surface area contributed by atoms with E-state index in [4.69, 9.17) is 4.74 Å². The van der Waals surface area contributed by atoms with Crippen molar-refractivity contribution in [3.8, 4) is 5.82 Å². The average molecular weight is 286 g/mol. The van der Waals surface area contributed by atoms with Crippen LogP contribution in [0.4, 0.5) is 0 Å². The van der Waals surface area contributed by atoms with Crippen molar-refractivity contribution in [2.24, 2.45) is 0 Å². The molecule has 0 unspecified atom stereocenters. The molecule has 6 heteroatoms. The fourth-order valence-corrected chi connectivity index (χ4v) is 2.43. The minimum atomic E-state index is -0.313. The van der Waals surface area contributed by atoms with Crippen molar-refractivity contribution < 1.29 is 9.53 Å². The Balaban J connectivity index is 1.66. The van der Waals surface area contributed by atoms with Crippen LogP contribution in [0.3, 0.4) is 0 Å². The molecule has 1 saturated heterocycles. The van der Waals surface area contributed by atoms with E-state index in [1.807, 2.05) is 22.9 Å². The van der Waals surface area contributed by atoms with Crippen LogP contribution in [-0.2, 0) is 16.1 Å². The molecule has 0 spiro atoms. The van der Waals surface area contributed by atoms with Crippen LogP contribution in [0.5, 0.6) is 0 Å². The minimum absolute atomic E-state index is 0.0462. The molecule has 0 aliphatic carbocycles. The number of nitrogens with one attached hydrogen (secondary N) is 1. The first-order valence-electron chi connectivity index (χ1n) is 7.16. The van der Waals surface area contributed by atoms with E-state index in [0.29, 0.717) is 13.2 Å². The van der Waals surface area contributed by atoms with Gasteiger partial charge in [-0.1, -0.05) is 6.07 Å². The molecule has 0 radical (unpaired) electrons. The number of carbonyl (C=O) groups excluding carboxylic acids is 1. The number of nitrogens with zero attached hydrogens (tertiary/aromatic N) is 3. The van der Waals surface area contributed by atoms with Crippen LogP contribution in [0.15, 0.2) is 37.1 Å². The molecule has 2 aromatic heterocycles. The highest BCUT2D eigenvalue weighted by Crippen LogP contribution is 2.14. The Morgan fingerprint density at radius 3 is 3.14 bits per heavy atom. The predicted octanol–water partition coefficient (Wildman–Crippen LogP) is 1.45. The van der Waals surface area contributed by atoms with Crippen LogP contribution in [0.1, 0.15) is 24.8 Å². The highest BCUT2D eigenvalue weighted by molar-refractivity contribution is 5.80. The zero-order valence-corrected chi connectivity index (χ0v) is 11.7. The monoisotopic (exact) mass is 286 g/mol. The van der Waals surface area contributed by atoms with Gasteiger partial charge in [0.1, 0.15) is 18.2 Å². The summed E-state index contributed by atoms with van der Waals surface area (Å²) in [6.45, 7) is 1.10. The summed E-state index contributed by atoms with van der Waals surface area (Å²) in [4.78, 5) is 20.5. The lowest BCUT2D eigenvalue weighted by Crippen LogP contribution is -2.38. The Labute approximate surface area is 123 Å². The number of amides is 1. The molecule has 0 saturated carbocycles. The summed E-state index contributed by atoms with van der Waals surface area (Å²) < 4.78 is 7.32. The van der Waals surface area contributed by atoms with Gasteiger partial charge in [0.2, 0.25) is 5.91 Å². The van der Waals surface area contributed by atoms with Gasteiger partial charge in [-0.3, -0.25) is 9.36 Å². The topological polar surface area (TPSA) is 69.0 Å². The van der Waals surface area contributed by atoms with E-state index in [-0.39, 0.29) is 12.0 Å². The third kappa shape index (κ3) is 3.28. The lowest BCUT2D eigenvalue weighted by Gasteiger charge is -2.21. The highest BCUT2D eigenvalue weighted by Gasteiger charge is 2.21. The summed E-state index contributed by atoms with van der Waals surface area (Å²) in [5.74, 6) is 0.731. The second kappa shape index (κ2) is 6.49. The molecule has 6 nitrogen and oxygen atoms in total. The number of hydrogen-bond donors (Lipinski definition) is 1. The van der Waals surface area contributed by atoms with Gasteiger partial charge in [0.15, 0.2) is 0 Å². The molecular weight excluding hydrogens is 268 g/mol. The van der Waals surface area contributed by atoms with Crippen LogP contribution in [0.2, 0.25) is 0 Å². The Kier molecular flexibility index (Phi) is 4.25. The Morgan fingerprint density at radius 1 is 1.43 bits per heavy atom. The van der Waals surface area contributed by atoms with Crippen LogP contribution >= 0.6 is 0 Å². The summed E-state index contributed by atoms with van der Waals surface area (Å²) in [7, 11) is 0. The van der Waals surface area contributed by atoms with Crippen molar-refractivity contribution >= 4 is 5.91 Å². The third-order valence-corrected chi connectivity index (χ3v) is 3.54. The Hall–Kier alpha value is -2.21. The first-order valence-corrected chi connectivity index (χ1v) is 7.16. The number of aromatic nitrogens is 3. The molecule has 1 amide bonds. The molecule has 1 atom stereocenters. The molecule has 0 aromatic carbocycles. The number of carbonyl (C=O) groups is 1. The van der Waals surface area contributed by atoms with Crippen LogP contribution in [-0.4, -0.2) is 33.2 Å². The third-order valence-electron chi connectivity index (χ3n) is 3.54. The molecule has 21 heavy (non-hydrogen) atoms. The van der Waals surface area contributed by atoms with E-state index in [2.05, 4.69) is 15.3 Å². The number of pyridine rings is 1. The van der Waals surface area contributed by atoms with Gasteiger partial charge in [0.25, 0.3) is 0 Å². The summed E-state index contributed by atoms with van der Waals surface area (Å²) in [6, 6.07) is 3.81. The maximum atomic E-state index is 12.1. The maximum Gasteiger partial charge on any atom is 0.249 e. The molecule has 3 heterocycles. The predicted molar refractivity (Wildman–Crippen MR) is 76.8 cm³/mol. The van der Waals surface area contributed by atoms with Gasteiger partial charge in [-0.25, -0.2) is 9.97 Å². The van der Waals surface area contributed by atoms with Crippen LogP contribution < -0.4 is 5.32 Å². The SMILES string of the molecule is O=C(NCc1cccnc1-n1ccnc1)[C@H]1CCCCO1. The van der Waals surface area contributed by atoms with Gasteiger partial charge in [-0.15, -0.1) is 0 Å². The van der Waals surface area contributed by atoms with Gasteiger partial charge < -0.3 is 10.1 Å². The quantitative estimate of drug-likeness (QED) is 0.923. The van der Waals surface area contributed by atoms with Crippen LogP contribution in [0, 0.1) is 0 Å². The van der Waals surface area contributed by atoms with Crippen molar-refractivity contribution in [3.05, 3.63) is 42.6 Å². The van der Waals surface area contributed by atoms with Crippen LogP contribution in [0.25, 0.3) is 5.82 Å². The minimum Gasteiger partial charge on any atom is -0.368 e. The van der Waals surface area contributed by atoms with E-state index in [0.717, 1.165) is 30.6 Å². The van der Waals surface area contributed by atoms with Gasteiger partial charge in [0, 0.05) is 37.3 Å². The van der Waals surface area contributed by atoms with E-state index in [1.54, 1.807) is 18.7 Å². The molecule has 110 valence electrons. The van der Waals surface area contributed by atoms with Crippen molar-refractivity contribution in [3.63, 3.8) is 0 Å². The fraction of sp³-hybridized carbons (Fsp3) is 0.400. The largest absolute Gasteiger partial charge is 0.368 e. The average Bonchev–Trinajstić information content (AvgIpc) is 3.08. The van der Waals surface area contributed by atoms with Crippen molar-refractivity contribution in [2.75, 3.05) is 6.61 Å². The normalized spacial score (nSPS) is 18.4. The van der Waals surface area contributed by atoms with Crippen molar-refractivity contribution in [1.29, 1.82) is 0 Å². The van der Waals surface area contributed by atoms with Gasteiger partial charge in [-0.05, 0) is 25.3 Å². The van der Waals surface area contributed by atoms with Crippen molar-refractivity contribution in [2.45, 2.75) is 31.9 Å². The summed E-state index contributed by atoms with van der Waals surface area (Å²) in [6.07, 6.45) is 9.52. The maximum absolute atomic E-state index is 12.1. The van der Waals surface area contributed by atoms with Gasteiger partial charge >= 0.3 is 0 Å². The fourth-order valence-electron chi connectivity index (χ4n) is 2.43. The summed E-state index contributed by atoms with van der Waals surface area (Å²) >= 11 is 0. The molecule has 1 aliphatic heterocycles. The van der Waals surface area contributed by atoms with Crippen molar-refractivity contribution in [1.82, 2.24) is 19.9 Å². The first kappa shape index (κ1) is 13.8. The molecular formula is C15H18N4O2. The second-order valence-corrected chi connectivity index (χ2v) is 5.03. The number of rotatable bonds is 4. The van der Waals surface area contributed by atoms with Gasteiger partial charge in [-0.2, -0.15) is 0 Å². The van der Waals surface area contributed by atoms with E-state index in [1.165, 1.54) is 0 Å². The van der Waals surface area contributed by atoms with E-state index >= 15 is 0 Å². The lowest BCUT2D eigenvalue weighted by molar-refractivity contribution is -0.135. The molecule has 1 fully saturated rings. The highest BCUT2D eigenvalue weighted by atomic mass is 16.5. The Morgan fingerprint density at radius 2 is 2.38 bits per heavy atom. The smallest absolute Gasteiger partial charge is 0.249 e.